The number of aromatic nitrogens is 1. The van der Waals surface area contributed by atoms with Crippen LogP contribution in [0.25, 0.3) is 0 Å². The van der Waals surface area contributed by atoms with Crippen molar-refractivity contribution in [2.75, 3.05) is 27.3 Å². The first kappa shape index (κ1) is 27.7. The predicted molar refractivity (Wildman–Crippen MR) is 145 cm³/mol. The number of aliphatic hydroxyl groups excluding tert-OH is 1. The second-order valence-electron chi connectivity index (χ2n) is 10.3. The lowest BCUT2D eigenvalue weighted by Crippen LogP contribution is -2.60. The average molecular weight is 570 g/mol. The third-order valence-corrected chi connectivity index (χ3v) is 7.96. The minimum atomic E-state index is -0.754. The molecule has 0 bridgehead atoms. The smallest absolute Gasteiger partial charge is 0.274 e. The van der Waals surface area contributed by atoms with Gasteiger partial charge in [-0.2, -0.15) is 0 Å². The fourth-order valence-corrected chi connectivity index (χ4v) is 5.83. The number of nitrogens with one attached hydrogen (secondary N) is 1. The molecule has 0 unspecified atom stereocenters. The highest BCUT2D eigenvalue weighted by atomic mass is 35.5. The third-order valence-electron chi connectivity index (χ3n) is 7.61. The number of hydrogen-bond donors (Lipinski definition) is 2. The third kappa shape index (κ3) is 4.82. The Morgan fingerprint density at radius 2 is 1.93 bits per heavy atom. The molecule has 3 aromatic rings. The quantitative estimate of drug-likeness (QED) is 0.431. The van der Waals surface area contributed by atoms with E-state index in [-0.39, 0.29) is 59.0 Å². The molecule has 2 amide bonds. The largest absolute Gasteiger partial charge is 0.495 e. The summed E-state index contributed by atoms with van der Waals surface area (Å²) in [6.45, 7) is 0.116. The number of likely N-dealkylation sites (N-methyl/N-ethyl adjacent to an activating group) is 1. The van der Waals surface area contributed by atoms with Gasteiger partial charge in [0.25, 0.3) is 11.8 Å². The zero-order valence-corrected chi connectivity index (χ0v) is 22.8. The summed E-state index contributed by atoms with van der Waals surface area (Å²) in [5.74, 6) is -1.94. The molecule has 1 aliphatic carbocycles. The van der Waals surface area contributed by atoms with Crippen LogP contribution in [0.15, 0.2) is 53.5 Å². The monoisotopic (exact) mass is 569 g/mol. The van der Waals surface area contributed by atoms with Crippen LogP contribution < -0.4 is 20.2 Å². The lowest BCUT2D eigenvalue weighted by molar-refractivity contribution is -0.0105. The molecule has 1 aromatic heterocycles. The van der Waals surface area contributed by atoms with Crippen LogP contribution in [0.5, 0.6) is 11.5 Å². The number of nitrogens with zero attached hydrogens (tertiary/aromatic N) is 2. The molecule has 1 spiro atoms. The van der Waals surface area contributed by atoms with Gasteiger partial charge in [-0.3, -0.25) is 14.4 Å². The molecule has 0 saturated heterocycles. The van der Waals surface area contributed by atoms with Gasteiger partial charge in [0.15, 0.2) is 17.3 Å². The van der Waals surface area contributed by atoms with E-state index in [2.05, 4.69) is 5.32 Å². The van der Waals surface area contributed by atoms with Gasteiger partial charge >= 0.3 is 0 Å². The molecule has 0 radical (unpaired) electrons. The number of amides is 2. The Hall–Kier alpha value is -3.89. The Morgan fingerprint density at radius 1 is 1.20 bits per heavy atom. The number of pyridine rings is 1. The van der Waals surface area contributed by atoms with Crippen LogP contribution in [0.3, 0.4) is 0 Å². The van der Waals surface area contributed by atoms with Gasteiger partial charge in [-0.15, -0.1) is 0 Å². The zero-order valence-electron chi connectivity index (χ0n) is 22.1. The van der Waals surface area contributed by atoms with Gasteiger partial charge in [-0.05, 0) is 30.4 Å². The van der Waals surface area contributed by atoms with Crippen molar-refractivity contribution in [3.05, 3.63) is 92.1 Å². The van der Waals surface area contributed by atoms with E-state index in [1.165, 1.54) is 30.3 Å². The van der Waals surface area contributed by atoms with Crippen LogP contribution in [-0.4, -0.2) is 53.7 Å². The number of carbonyl (C=O) groups excluding carboxylic acids is 2. The van der Waals surface area contributed by atoms with Crippen LogP contribution in [0.4, 0.5) is 4.39 Å². The van der Waals surface area contributed by atoms with Crippen molar-refractivity contribution in [3.8, 4) is 11.5 Å². The van der Waals surface area contributed by atoms with Crippen molar-refractivity contribution in [2.24, 2.45) is 5.92 Å². The van der Waals surface area contributed by atoms with E-state index in [1.54, 1.807) is 11.6 Å². The molecule has 210 valence electrons. The summed E-state index contributed by atoms with van der Waals surface area (Å²) in [4.78, 5) is 41.9. The van der Waals surface area contributed by atoms with Crippen molar-refractivity contribution in [1.29, 1.82) is 0 Å². The van der Waals surface area contributed by atoms with Gasteiger partial charge in [0.1, 0.15) is 22.9 Å². The molecule has 11 heteroatoms. The summed E-state index contributed by atoms with van der Waals surface area (Å²) in [6.07, 6.45) is 2.51. The summed E-state index contributed by atoms with van der Waals surface area (Å²) in [6, 6.07) is 12.1. The fraction of sp³-hybridized carbons (Fsp3) is 0.345. The molecule has 9 nitrogen and oxygen atoms in total. The van der Waals surface area contributed by atoms with E-state index in [0.717, 1.165) is 5.56 Å². The van der Waals surface area contributed by atoms with E-state index in [9.17, 15) is 23.9 Å². The number of hydrogen-bond acceptors (Lipinski definition) is 6. The molecule has 2 heterocycles. The highest BCUT2D eigenvalue weighted by molar-refractivity contribution is 6.32. The Kier molecular flexibility index (Phi) is 7.57. The maximum absolute atomic E-state index is 14.7. The maximum atomic E-state index is 14.7. The number of rotatable bonds is 8. The lowest BCUT2D eigenvalue weighted by Gasteiger charge is -2.53. The van der Waals surface area contributed by atoms with E-state index in [0.29, 0.717) is 19.4 Å². The van der Waals surface area contributed by atoms with Gasteiger partial charge in [-0.25, -0.2) is 4.39 Å². The number of aliphatic hydroxyl groups is 1. The second kappa shape index (κ2) is 10.9. The molecule has 2 N–H and O–H groups in total. The first-order valence-electron chi connectivity index (χ1n) is 12.8. The van der Waals surface area contributed by atoms with Crippen molar-refractivity contribution in [2.45, 2.75) is 31.5 Å². The fourth-order valence-electron chi connectivity index (χ4n) is 5.57. The average Bonchev–Trinajstić information content (AvgIpc) is 2.94. The number of carbonyl (C=O) groups is 2. The van der Waals surface area contributed by atoms with Crippen molar-refractivity contribution >= 4 is 23.4 Å². The first-order valence-corrected chi connectivity index (χ1v) is 13.2. The van der Waals surface area contributed by atoms with Crippen LogP contribution >= 0.6 is 11.6 Å². The topological polar surface area (TPSA) is 110 Å². The molecule has 40 heavy (non-hydrogen) atoms. The molecular formula is C29H29ClFN3O6. The minimum Gasteiger partial charge on any atom is -0.495 e. The summed E-state index contributed by atoms with van der Waals surface area (Å²) in [5, 5.41) is 12.1. The van der Waals surface area contributed by atoms with Gasteiger partial charge in [0.2, 0.25) is 5.43 Å². The molecule has 0 atom stereocenters. The number of methoxy groups -OCH3 is 1. The summed E-state index contributed by atoms with van der Waals surface area (Å²) in [5.41, 5.74) is -0.640. The standard InChI is InChI=1S/C29H29ClFN3O6/c1-33-16-29(10-18(11-29)14-35)34-13-20(27(37)32-12-19-8-9-21(39-2)22(30)23(19)31)25(36)26(24(34)28(33)38)40-15-17-6-4-3-5-7-17/h3-9,13,18,35H,10-12,14-16H2,1-2H3,(H,32,37). The summed E-state index contributed by atoms with van der Waals surface area (Å²) < 4.78 is 27.4. The molecule has 5 rings (SSSR count). The summed E-state index contributed by atoms with van der Waals surface area (Å²) >= 11 is 6.01. The van der Waals surface area contributed by atoms with Gasteiger partial charge in [0, 0.05) is 38.5 Å². The highest BCUT2D eigenvalue weighted by Crippen LogP contribution is 2.48. The zero-order chi connectivity index (χ0) is 28.6. The van der Waals surface area contributed by atoms with Crippen molar-refractivity contribution < 1.29 is 28.6 Å². The molecular weight excluding hydrogens is 541 g/mol. The van der Waals surface area contributed by atoms with Crippen LogP contribution in [0.2, 0.25) is 5.02 Å². The van der Waals surface area contributed by atoms with E-state index in [1.807, 2.05) is 30.3 Å². The maximum Gasteiger partial charge on any atom is 0.274 e. The predicted octanol–water partition coefficient (Wildman–Crippen LogP) is 3.34. The van der Waals surface area contributed by atoms with E-state index in [4.69, 9.17) is 21.1 Å². The molecule has 1 fully saturated rings. The molecule has 2 aliphatic rings. The SMILES string of the molecule is COc1ccc(CNC(=O)c2cn3c(c(OCc4ccccc4)c2=O)C(=O)N(C)CC32CC(CO)C2)c(F)c1Cl. The van der Waals surface area contributed by atoms with Gasteiger partial charge < -0.3 is 29.4 Å². The first-order chi connectivity index (χ1) is 19.2. The van der Waals surface area contributed by atoms with Crippen LogP contribution in [0, 0.1) is 11.7 Å². The molecule has 2 aromatic carbocycles. The molecule has 1 saturated carbocycles. The minimum absolute atomic E-state index is 0.00433. The Bertz CT molecular complexity index is 1520. The Morgan fingerprint density at radius 3 is 2.60 bits per heavy atom. The highest BCUT2D eigenvalue weighted by Gasteiger charge is 2.51. The number of benzene rings is 2. The molecule has 1 aliphatic heterocycles. The van der Waals surface area contributed by atoms with Gasteiger partial charge in [0.05, 0.1) is 12.6 Å². The van der Waals surface area contributed by atoms with E-state index < -0.39 is 28.6 Å². The number of halogens is 2. The van der Waals surface area contributed by atoms with Crippen LogP contribution in [-0.2, 0) is 18.7 Å². The lowest BCUT2D eigenvalue weighted by atomic mass is 9.67. The number of ether oxygens (including phenoxy) is 2. The van der Waals surface area contributed by atoms with Crippen molar-refractivity contribution in [3.63, 3.8) is 0 Å². The van der Waals surface area contributed by atoms with Gasteiger partial charge in [-0.1, -0.05) is 48.0 Å². The Balaban J connectivity index is 1.54. The van der Waals surface area contributed by atoms with Crippen LogP contribution in [0.1, 0.15) is 44.8 Å². The second-order valence-corrected chi connectivity index (χ2v) is 10.7. The normalized spacial score (nSPS) is 19.7. The summed E-state index contributed by atoms with van der Waals surface area (Å²) in [7, 11) is 3.02. The van der Waals surface area contributed by atoms with E-state index >= 15 is 0 Å². The Labute approximate surface area is 235 Å². The number of fused-ring (bicyclic) bond motifs is 2. The van der Waals surface area contributed by atoms with Crippen molar-refractivity contribution in [1.82, 2.24) is 14.8 Å².